The lowest BCUT2D eigenvalue weighted by Gasteiger charge is -1.88. The summed E-state index contributed by atoms with van der Waals surface area (Å²) < 4.78 is 5.19. The van der Waals surface area contributed by atoms with E-state index < -0.39 is 0 Å². The molecule has 0 saturated carbocycles. The zero-order chi connectivity index (χ0) is 7.56. The first-order valence-electron chi connectivity index (χ1n) is 2.76. The number of aryl methyl sites for hydroxylation is 1. The van der Waals surface area contributed by atoms with Crippen molar-refractivity contribution >= 4 is 28.4 Å². The molecule has 1 rings (SSSR count). The minimum absolute atomic E-state index is 0.0688. The Bertz CT molecular complexity index is 244. The topological polar surface area (TPSA) is 43.1 Å². The molecule has 0 radical (unpaired) electrons. The van der Waals surface area contributed by atoms with Gasteiger partial charge in [-0.3, -0.25) is 4.79 Å². The molecule has 0 bridgehead atoms. The smallest absolute Gasteiger partial charge is 0.177 e. The van der Waals surface area contributed by atoms with Gasteiger partial charge in [0.05, 0.1) is 16.2 Å². The summed E-state index contributed by atoms with van der Waals surface area (Å²) in [5.74, 6) is 0.668. The summed E-state index contributed by atoms with van der Waals surface area (Å²) in [5, 5.41) is 3.49. The number of carbonyl (C=O) groups is 1. The number of halogens is 1. The Balaban J connectivity index is 2.93. The molecule has 0 aliphatic heterocycles. The minimum atomic E-state index is 0.0688. The monoisotopic (exact) mass is 251 g/mol. The van der Waals surface area contributed by atoms with Crippen molar-refractivity contribution in [3.8, 4) is 0 Å². The maximum Gasteiger partial charge on any atom is 0.177 e. The van der Waals surface area contributed by atoms with Crippen molar-refractivity contribution in [2.24, 2.45) is 0 Å². The molecule has 0 aliphatic rings. The number of hydrogen-bond acceptors (Lipinski definition) is 3. The Morgan fingerprint density at radius 1 is 1.90 bits per heavy atom. The van der Waals surface area contributed by atoms with Gasteiger partial charge >= 0.3 is 0 Å². The lowest BCUT2D eigenvalue weighted by atomic mass is 10.2. The fourth-order valence-corrected chi connectivity index (χ4v) is 1.05. The Kier molecular flexibility index (Phi) is 2.42. The molecule has 4 heteroatoms. The molecule has 10 heavy (non-hydrogen) atoms. The third-order valence-electron chi connectivity index (χ3n) is 1.17. The van der Waals surface area contributed by atoms with Gasteiger partial charge in [-0.05, 0) is 6.92 Å². The molecular weight excluding hydrogens is 245 g/mol. The fourth-order valence-electron chi connectivity index (χ4n) is 0.639. The van der Waals surface area contributed by atoms with Gasteiger partial charge in [0.1, 0.15) is 5.76 Å². The standard InChI is InChI=1S/C6H6INO2/c1-4-5(3-8-10-4)6(9)2-7/h3H,2H2,1H3. The van der Waals surface area contributed by atoms with Crippen molar-refractivity contribution in [1.29, 1.82) is 0 Å². The van der Waals surface area contributed by atoms with Gasteiger partial charge < -0.3 is 4.52 Å². The Labute approximate surface area is 71.9 Å². The molecule has 0 atom stereocenters. The molecule has 1 aromatic rings. The van der Waals surface area contributed by atoms with E-state index in [1.54, 1.807) is 6.92 Å². The van der Waals surface area contributed by atoms with Gasteiger partial charge in [-0.25, -0.2) is 0 Å². The summed E-state index contributed by atoms with van der Waals surface area (Å²) in [5.41, 5.74) is 0.592. The summed E-state index contributed by atoms with van der Waals surface area (Å²) >= 11 is 2.01. The number of alkyl halides is 1. The van der Waals surface area contributed by atoms with Crippen LogP contribution >= 0.6 is 22.6 Å². The first-order chi connectivity index (χ1) is 4.75. The van der Waals surface area contributed by atoms with Crippen LogP contribution in [0.2, 0.25) is 0 Å². The van der Waals surface area contributed by atoms with E-state index in [1.807, 2.05) is 22.6 Å². The average molecular weight is 251 g/mol. The van der Waals surface area contributed by atoms with E-state index in [-0.39, 0.29) is 5.78 Å². The van der Waals surface area contributed by atoms with Crippen LogP contribution in [0.1, 0.15) is 16.1 Å². The van der Waals surface area contributed by atoms with Gasteiger partial charge in [-0.2, -0.15) is 0 Å². The van der Waals surface area contributed by atoms with Crippen LogP contribution in [0.25, 0.3) is 0 Å². The Hall–Kier alpha value is -0.390. The van der Waals surface area contributed by atoms with Gasteiger partial charge in [0.2, 0.25) is 0 Å². The molecule has 0 spiro atoms. The van der Waals surface area contributed by atoms with E-state index in [0.717, 1.165) is 0 Å². The summed E-state index contributed by atoms with van der Waals surface area (Å²) in [7, 11) is 0. The van der Waals surface area contributed by atoms with E-state index >= 15 is 0 Å². The van der Waals surface area contributed by atoms with Gasteiger partial charge in [0.25, 0.3) is 0 Å². The van der Waals surface area contributed by atoms with Crippen LogP contribution < -0.4 is 0 Å². The lowest BCUT2D eigenvalue weighted by molar-refractivity contribution is 0.102. The van der Waals surface area contributed by atoms with E-state index in [0.29, 0.717) is 15.8 Å². The number of Topliss-reactive ketones (excluding diaryl/α,β-unsaturated/α-hetero) is 1. The molecule has 54 valence electrons. The SMILES string of the molecule is Cc1oncc1C(=O)CI. The van der Waals surface area contributed by atoms with Crippen LogP contribution in [0.3, 0.4) is 0 Å². The molecule has 0 aliphatic carbocycles. The van der Waals surface area contributed by atoms with Crippen LogP contribution in [0.15, 0.2) is 10.7 Å². The second-order valence-corrected chi connectivity index (χ2v) is 2.62. The molecular formula is C6H6INO2. The molecule has 1 heterocycles. The van der Waals surface area contributed by atoms with E-state index in [1.165, 1.54) is 6.20 Å². The molecule has 1 aromatic heterocycles. The molecule has 0 fully saturated rings. The van der Waals surface area contributed by atoms with Crippen LogP contribution in [0.4, 0.5) is 0 Å². The van der Waals surface area contributed by atoms with Gasteiger partial charge in [0, 0.05) is 0 Å². The summed E-state index contributed by atoms with van der Waals surface area (Å²) in [6.45, 7) is 1.73. The Morgan fingerprint density at radius 3 is 3.00 bits per heavy atom. The minimum Gasteiger partial charge on any atom is -0.361 e. The highest BCUT2D eigenvalue weighted by Gasteiger charge is 2.09. The second kappa shape index (κ2) is 3.14. The molecule has 3 nitrogen and oxygen atoms in total. The summed E-state index contributed by atoms with van der Waals surface area (Å²) in [6, 6.07) is 0. The van der Waals surface area contributed by atoms with Crippen LogP contribution in [-0.2, 0) is 0 Å². The van der Waals surface area contributed by atoms with Crippen LogP contribution in [0, 0.1) is 6.92 Å². The maximum absolute atomic E-state index is 11.0. The predicted molar refractivity (Wildman–Crippen MR) is 44.5 cm³/mol. The summed E-state index contributed by atoms with van der Waals surface area (Å²) in [6.07, 6.45) is 1.45. The zero-order valence-electron chi connectivity index (χ0n) is 5.43. The molecule has 0 N–H and O–H groups in total. The fraction of sp³-hybridized carbons (Fsp3) is 0.333. The normalized spacial score (nSPS) is 9.80. The largest absolute Gasteiger partial charge is 0.361 e. The molecule has 0 unspecified atom stereocenters. The van der Waals surface area contributed by atoms with Crippen molar-refractivity contribution in [3.63, 3.8) is 0 Å². The molecule has 0 amide bonds. The summed E-state index contributed by atoms with van der Waals surface area (Å²) in [4.78, 5) is 11.0. The van der Waals surface area contributed by atoms with Crippen molar-refractivity contribution in [2.45, 2.75) is 6.92 Å². The number of ketones is 1. The number of hydrogen-bond donors (Lipinski definition) is 0. The average Bonchev–Trinajstić information content (AvgIpc) is 2.34. The number of carbonyl (C=O) groups excluding carboxylic acids is 1. The highest BCUT2D eigenvalue weighted by Crippen LogP contribution is 2.07. The van der Waals surface area contributed by atoms with Gasteiger partial charge in [-0.1, -0.05) is 27.7 Å². The van der Waals surface area contributed by atoms with Crippen molar-refractivity contribution in [3.05, 3.63) is 17.5 Å². The van der Waals surface area contributed by atoms with Crippen molar-refractivity contribution < 1.29 is 9.32 Å². The van der Waals surface area contributed by atoms with Crippen LogP contribution in [0.5, 0.6) is 0 Å². The van der Waals surface area contributed by atoms with E-state index in [9.17, 15) is 4.79 Å². The third kappa shape index (κ3) is 1.36. The van der Waals surface area contributed by atoms with Crippen molar-refractivity contribution in [1.82, 2.24) is 5.16 Å². The Morgan fingerprint density at radius 2 is 2.60 bits per heavy atom. The molecule has 0 saturated heterocycles. The number of nitrogens with zero attached hydrogens (tertiary/aromatic N) is 1. The van der Waals surface area contributed by atoms with Gasteiger partial charge in [-0.15, -0.1) is 0 Å². The number of rotatable bonds is 2. The van der Waals surface area contributed by atoms with E-state index in [2.05, 4.69) is 5.16 Å². The zero-order valence-corrected chi connectivity index (χ0v) is 7.58. The van der Waals surface area contributed by atoms with Crippen LogP contribution in [-0.4, -0.2) is 15.4 Å². The van der Waals surface area contributed by atoms with E-state index in [4.69, 9.17) is 4.52 Å². The first kappa shape index (κ1) is 7.71. The van der Waals surface area contributed by atoms with Crippen molar-refractivity contribution in [2.75, 3.05) is 4.43 Å². The second-order valence-electron chi connectivity index (χ2n) is 1.85. The quantitative estimate of drug-likeness (QED) is 0.455. The first-order valence-corrected chi connectivity index (χ1v) is 4.28. The predicted octanol–water partition coefficient (Wildman–Crippen LogP) is 1.60. The highest BCUT2D eigenvalue weighted by molar-refractivity contribution is 14.1. The number of aromatic nitrogens is 1. The molecule has 0 aromatic carbocycles. The van der Waals surface area contributed by atoms with Gasteiger partial charge in [0.15, 0.2) is 5.78 Å². The highest BCUT2D eigenvalue weighted by atomic mass is 127. The third-order valence-corrected chi connectivity index (χ3v) is 1.87. The maximum atomic E-state index is 11.0. The lowest BCUT2D eigenvalue weighted by Crippen LogP contribution is -1.99.